The Morgan fingerprint density at radius 3 is 2.42 bits per heavy atom. The van der Waals surface area contributed by atoms with Crippen molar-refractivity contribution in [3.63, 3.8) is 0 Å². The summed E-state index contributed by atoms with van der Waals surface area (Å²) in [5, 5.41) is 0. The fourth-order valence-corrected chi connectivity index (χ4v) is 2.89. The van der Waals surface area contributed by atoms with Crippen LogP contribution in [0.1, 0.15) is 37.2 Å². The molecule has 1 aliphatic rings. The topological polar surface area (TPSA) is 38.5 Å². The van der Waals surface area contributed by atoms with Crippen LogP contribution in [0.15, 0.2) is 24.3 Å². The van der Waals surface area contributed by atoms with Crippen LogP contribution in [-0.2, 0) is 0 Å². The van der Waals surface area contributed by atoms with Gasteiger partial charge in [-0.1, -0.05) is 18.6 Å². The predicted octanol–water partition coefficient (Wildman–Crippen LogP) is 2.61. The zero-order valence-electron chi connectivity index (χ0n) is 12.0. The van der Waals surface area contributed by atoms with Gasteiger partial charge in [0.05, 0.1) is 7.11 Å². The van der Waals surface area contributed by atoms with Crippen LogP contribution in [0.2, 0.25) is 0 Å². The minimum absolute atomic E-state index is 0.550. The molecule has 0 saturated carbocycles. The first kappa shape index (κ1) is 14.4. The monoisotopic (exact) mass is 262 g/mol. The molecule has 106 valence electrons. The second kappa shape index (κ2) is 7.51. The maximum atomic E-state index is 5.78. The van der Waals surface area contributed by atoms with Gasteiger partial charge in [0.15, 0.2) is 0 Å². The standard InChI is InChI=1S/C16H26N2O/c1-19-16-7-5-14(6-8-16)15(9-10-17)13-18-11-3-2-4-12-18/h5-8,15H,2-4,9-13,17H2,1H3. The Bertz CT molecular complexity index is 358. The molecule has 3 heteroatoms. The van der Waals surface area contributed by atoms with E-state index in [1.807, 2.05) is 0 Å². The summed E-state index contributed by atoms with van der Waals surface area (Å²) < 4.78 is 5.22. The molecule has 3 nitrogen and oxygen atoms in total. The highest BCUT2D eigenvalue weighted by Gasteiger charge is 2.17. The second-order valence-corrected chi connectivity index (χ2v) is 5.41. The van der Waals surface area contributed by atoms with Crippen molar-refractivity contribution in [2.75, 3.05) is 33.3 Å². The van der Waals surface area contributed by atoms with E-state index in [9.17, 15) is 0 Å². The molecule has 1 fully saturated rings. The van der Waals surface area contributed by atoms with Gasteiger partial charge < -0.3 is 15.4 Å². The fourth-order valence-electron chi connectivity index (χ4n) is 2.89. The summed E-state index contributed by atoms with van der Waals surface area (Å²) in [5.41, 5.74) is 7.17. The van der Waals surface area contributed by atoms with Gasteiger partial charge in [-0.05, 0) is 62.5 Å². The van der Waals surface area contributed by atoms with E-state index in [-0.39, 0.29) is 0 Å². The van der Waals surface area contributed by atoms with E-state index in [0.717, 1.165) is 25.3 Å². The minimum Gasteiger partial charge on any atom is -0.497 e. The molecule has 1 aromatic rings. The van der Waals surface area contributed by atoms with Crippen molar-refractivity contribution >= 4 is 0 Å². The first-order valence-electron chi connectivity index (χ1n) is 7.40. The van der Waals surface area contributed by atoms with Crippen LogP contribution in [0, 0.1) is 0 Å². The first-order valence-corrected chi connectivity index (χ1v) is 7.40. The summed E-state index contributed by atoms with van der Waals surface area (Å²) in [6.45, 7) is 4.39. The summed E-state index contributed by atoms with van der Waals surface area (Å²) in [5.74, 6) is 1.47. The Balaban J connectivity index is 2.00. The number of nitrogens with two attached hydrogens (primary N) is 1. The van der Waals surface area contributed by atoms with Gasteiger partial charge >= 0.3 is 0 Å². The minimum atomic E-state index is 0.550. The van der Waals surface area contributed by atoms with E-state index in [1.54, 1.807) is 7.11 Å². The van der Waals surface area contributed by atoms with Crippen LogP contribution in [0.4, 0.5) is 0 Å². The number of benzene rings is 1. The third-order valence-electron chi connectivity index (χ3n) is 4.03. The lowest BCUT2D eigenvalue weighted by Crippen LogP contribution is -2.34. The Morgan fingerprint density at radius 1 is 1.16 bits per heavy atom. The van der Waals surface area contributed by atoms with Crippen molar-refractivity contribution in [3.8, 4) is 5.75 Å². The van der Waals surface area contributed by atoms with Crippen molar-refractivity contribution < 1.29 is 4.74 Å². The molecular weight excluding hydrogens is 236 g/mol. The van der Waals surface area contributed by atoms with Crippen LogP contribution in [0.25, 0.3) is 0 Å². The number of rotatable bonds is 6. The maximum absolute atomic E-state index is 5.78. The van der Waals surface area contributed by atoms with Gasteiger partial charge in [0.25, 0.3) is 0 Å². The number of ether oxygens (including phenoxy) is 1. The lowest BCUT2D eigenvalue weighted by molar-refractivity contribution is 0.213. The van der Waals surface area contributed by atoms with E-state index >= 15 is 0 Å². The second-order valence-electron chi connectivity index (χ2n) is 5.41. The quantitative estimate of drug-likeness (QED) is 0.856. The van der Waals surface area contributed by atoms with E-state index < -0.39 is 0 Å². The van der Waals surface area contributed by atoms with Crippen LogP contribution in [0.5, 0.6) is 5.75 Å². The van der Waals surface area contributed by atoms with Gasteiger partial charge in [0.2, 0.25) is 0 Å². The fraction of sp³-hybridized carbons (Fsp3) is 0.625. The van der Waals surface area contributed by atoms with Crippen LogP contribution in [0.3, 0.4) is 0 Å². The van der Waals surface area contributed by atoms with Gasteiger partial charge in [-0.2, -0.15) is 0 Å². The Kier molecular flexibility index (Phi) is 5.67. The summed E-state index contributed by atoms with van der Waals surface area (Å²) >= 11 is 0. The summed E-state index contributed by atoms with van der Waals surface area (Å²) in [6, 6.07) is 8.47. The molecule has 0 amide bonds. The third-order valence-corrected chi connectivity index (χ3v) is 4.03. The summed E-state index contributed by atoms with van der Waals surface area (Å²) in [4.78, 5) is 2.59. The highest BCUT2D eigenvalue weighted by atomic mass is 16.5. The zero-order chi connectivity index (χ0) is 13.5. The number of likely N-dealkylation sites (tertiary alicyclic amines) is 1. The molecule has 1 unspecified atom stereocenters. The lowest BCUT2D eigenvalue weighted by atomic mass is 9.94. The first-order chi connectivity index (χ1) is 9.33. The maximum Gasteiger partial charge on any atom is 0.118 e. The highest BCUT2D eigenvalue weighted by Crippen LogP contribution is 2.24. The van der Waals surface area contributed by atoms with Crippen molar-refractivity contribution in [1.29, 1.82) is 0 Å². The molecule has 1 saturated heterocycles. The highest BCUT2D eigenvalue weighted by molar-refractivity contribution is 5.29. The SMILES string of the molecule is COc1ccc(C(CCN)CN2CCCCC2)cc1. The smallest absolute Gasteiger partial charge is 0.118 e. The molecule has 19 heavy (non-hydrogen) atoms. The zero-order valence-corrected chi connectivity index (χ0v) is 12.0. The molecule has 2 N–H and O–H groups in total. The van der Waals surface area contributed by atoms with Crippen LogP contribution in [-0.4, -0.2) is 38.2 Å². The van der Waals surface area contributed by atoms with Crippen LogP contribution < -0.4 is 10.5 Å². The Labute approximate surface area is 116 Å². The summed E-state index contributed by atoms with van der Waals surface area (Å²) in [6.07, 6.45) is 5.14. The van der Waals surface area contributed by atoms with E-state index in [4.69, 9.17) is 10.5 Å². The molecule has 0 aliphatic carbocycles. The molecule has 0 bridgehead atoms. The number of hydrogen-bond donors (Lipinski definition) is 1. The average molecular weight is 262 g/mol. The number of methoxy groups -OCH3 is 1. The van der Waals surface area contributed by atoms with Gasteiger partial charge in [0.1, 0.15) is 5.75 Å². The molecule has 1 atom stereocenters. The lowest BCUT2D eigenvalue weighted by Gasteiger charge is -2.30. The molecule has 0 aromatic heterocycles. The predicted molar refractivity (Wildman–Crippen MR) is 79.7 cm³/mol. The van der Waals surface area contributed by atoms with Crippen LogP contribution >= 0.6 is 0 Å². The molecule has 1 heterocycles. The number of nitrogens with zero attached hydrogens (tertiary/aromatic N) is 1. The molecule has 0 spiro atoms. The van der Waals surface area contributed by atoms with Gasteiger partial charge in [-0.3, -0.25) is 0 Å². The Morgan fingerprint density at radius 2 is 1.84 bits per heavy atom. The third kappa shape index (κ3) is 4.22. The van der Waals surface area contributed by atoms with Crippen molar-refractivity contribution in [2.45, 2.75) is 31.6 Å². The van der Waals surface area contributed by atoms with Gasteiger partial charge in [0, 0.05) is 6.54 Å². The van der Waals surface area contributed by atoms with E-state index in [0.29, 0.717) is 5.92 Å². The van der Waals surface area contributed by atoms with Crippen molar-refractivity contribution in [1.82, 2.24) is 4.90 Å². The largest absolute Gasteiger partial charge is 0.497 e. The van der Waals surface area contributed by atoms with E-state index in [1.165, 1.54) is 37.9 Å². The molecule has 1 aliphatic heterocycles. The van der Waals surface area contributed by atoms with Gasteiger partial charge in [-0.15, -0.1) is 0 Å². The van der Waals surface area contributed by atoms with Crippen molar-refractivity contribution in [3.05, 3.63) is 29.8 Å². The van der Waals surface area contributed by atoms with Gasteiger partial charge in [-0.25, -0.2) is 0 Å². The summed E-state index contributed by atoms with van der Waals surface area (Å²) in [7, 11) is 1.71. The Hall–Kier alpha value is -1.06. The molecular formula is C16H26N2O. The van der Waals surface area contributed by atoms with E-state index in [2.05, 4.69) is 29.2 Å². The normalized spacial score (nSPS) is 18.2. The number of piperidine rings is 1. The number of hydrogen-bond acceptors (Lipinski definition) is 3. The average Bonchev–Trinajstić information content (AvgIpc) is 2.48. The van der Waals surface area contributed by atoms with Crippen molar-refractivity contribution in [2.24, 2.45) is 5.73 Å². The molecule has 2 rings (SSSR count). The molecule has 0 radical (unpaired) electrons. The molecule has 1 aromatic carbocycles.